The minimum Gasteiger partial charge on any atom is -0.409 e. The third-order valence-corrected chi connectivity index (χ3v) is 3.37. The molecule has 1 aromatic carbocycles. The molecule has 0 heterocycles. The number of nitrogens with zero attached hydrogens (tertiary/aromatic N) is 1. The van der Waals surface area contributed by atoms with E-state index < -0.39 is 0 Å². The lowest BCUT2D eigenvalue weighted by molar-refractivity contribution is 0.301. The van der Waals surface area contributed by atoms with E-state index in [-0.39, 0.29) is 5.84 Å². The van der Waals surface area contributed by atoms with Gasteiger partial charge in [0.25, 0.3) is 0 Å². The maximum Gasteiger partial charge on any atom is 0.170 e. The molecular weight excluding hydrogens is 214 g/mol. The molecule has 1 aliphatic rings. The Morgan fingerprint density at radius 2 is 2.18 bits per heavy atom. The molecule has 0 aromatic heterocycles. The Hall–Kier alpha value is -1.55. The summed E-state index contributed by atoms with van der Waals surface area (Å²) in [5.74, 6) is 1.01. The van der Waals surface area contributed by atoms with Gasteiger partial charge in [-0.3, -0.25) is 0 Å². The Kier molecular flexibility index (Phi) is 3.98. The van der Waals surface area contributed by atoms with E-state index in [1.807, 2.05) is 24.3 Å². The Bertz CT molecular complexity index is 399. The van der Waals surface area contributed by atoms with Crippen LogP contribution in [-0.4, -0.2) is 17.6 Å². The van der Waals surface area contributed by atoms with Crippen molar-refractivity contribution in [3.63, 3.8) is 0 Å². The van der Waals surface area contributed by atoms with Crippen molar-refractivity contribution >= 4 is 5.84 Å². The van der Waals surface area contributed by atoms with E-state index in [2.05, 4.69) is 10.5 Å². The molecule has 1 fully saturated rings. The maximum atomic E-state index is 8.72. The van der Waals surface area contributed by atoms with Gasteiger partial charge in [0.05, 0.1) is 0 Å². The number of oxime groups is 1. The normalized spacial score (nSPS) is 16.8. The van der Waals surface area contributed by atoms with Crippen molar-refractivity contribution in [1.29, 1.82) is 0 Å². The summed E-state index contributed by atoms with van der Waals surface area (Å²) in [4.78, 5) is 0. The number of nitrogens with one attached hydrogen (secondary N) is 1. The van der Waals surface area contributed by atoms with E-state index in [0.29, 0.717) is 0 Å². The molecule has 0 aliphatic heterocycles. The fourth-order valence-electron chi connectivity index (χ4n) is 2.09. The van der Waals surface area contributed by atoms with Crippen molar-refractivity contribution in [2.45, 2.75) is 25.8 Å². The van der Waals surface area contributed by atoms with Crippen LogP contribution in [0.5, 0.6) is 0 Å². The van der Waals surface area contributed by atoms with Gasteiger partial charge in [0, 0.05) is 12.1 Å². The SMILES string of the molecule is N/C(=N\O)c1ccccc1CNCC1CCC1. The monoisotopic (exact) mass is 233 g/mol. The predicted molar refractivity (Wildman–Crippen MR) is 68.0 cm³/mol. The molecule has 1 aliphatic carbocycles. The van der Waals surface area contributed by atoms with Crippen molar-refractivity contribution in [2.24, 2.45) is 16.8 Å². The van der Waals surface area contributed by atoms with E-state index >= 15 is 0 Å². The van der Waals surface area contributed by atoms with Crippen molar-refractivity contribution in [2.75, 3.05) is 6.54 Å². The summed E-state index contributed by atoms with van der Waals surface area (Å²) >= 11 is 0. The highest BCUT2D eigenvalue weighted by Gasteiger charge is 2.16. The third-order valence-electron chi connectivity index (χ3n) is 3.37. The molecular formula is C13H19N3O. The molecule has 0 atom stereocenters. The number of hydrogen-bond donors (Lipinski definition) is 3. The van der Waals surface area contributed by atoms with Crippen LogP contribution in [0.2, 0.25) is 0 Å². The van der Waals surface area contributed by atoms with Gasteiger partial charge >= 0.3 is 0 Å². The number of rotatable bonds is 5. The lowest BCUT2D eigenvalue weighted by Crippen LogP contribution is -2.28. The fraction of sp³-hybridized carbons (Fsp3) is 0.462. The fourth-order valence-corrected chi connectivity index (χ4v) is 2.09. The van der Waals surface area contributed by atoms with E-state index in [9.17, 15) is 0 Å². The van der Waals surface area contributed by atoms with Crippen LogP contribution in [0, 0.1) is 5.92 Å². The van der Waals surface area contributed by atoms with Crippen LogP contribution in [0.15, 0.2) is 29.4 Å². The molecule has 1 saturated carbocycles. The molecule has 0 spiro atoms. The molecule has 0 amide bonds. The first-order valence-corrected chi connectivity index (χ1v) is 6.08. The highest BCUT2D eigenvalue weighted by molar-refractivity contribution is 5.98. The minimum absolute atomic E-state index is 0.172. The topological polar surface area (TPSA) is 70.6 Å². The van der Waals surface area contributed by atoms with Gasteiger partial charge in [0.2, 0.25) is 0 Å². The first-order chi connectivity index (χ1) is 8.31. The zero-order valence-corrected chi connectivity index (χ0v) is 9.89. The van der Waals surface area contributed by atoms with Gasteiger partial charge in [-0.2, -0.15) is 0 Å². The smallest absolute Gasteiger partial charge is 0.170 e. The van der Waals surface area contributed by atoms with E-state index in [1.54, 1.807) is 0 Å². The second-order valence-electron chi connectivity index (χ2n) is 4.57. The summed E-state index contributed by atoms with van der Waals surface area (Å²) in [5, 5.41) is 15.2. The molecule has 0 bridgehead atoms. The van der Waals surface area contributed by atoms with Crippen molar-refractivity contribution in [3.8, 4) is 0 Å². The molecule has 92 valence electrons. The largest absolute Gasteiger partial charge is 0.409 e. The van der Waals surface area contributed by atoms with Crippen LogP contribution in [0.4, 0.5) is 0 Å². The Labute approximate surface area is 102 Å². The number of benzene rings is 1. The first-order valence-electron chi connectivity index (χ1n) is 6.08. The zero-order valence-electron chi connectivity index (χ0n) is 9.89. The number of hydrogen-bond acceptors (Lipinski definition) is 3. The van der Waals surface area contributed by atoms with Crippen LogP contribution in [-0.2, 0) is 6.54 Å². The number of amidine groups is 1. The summed E-state index contributed by atoms with van der Waals surface area (Å²) in [6, 6.07) is 7.73. The third kappa shape index (κ3) is 2.97. The molecule has 0 saturated heterocycles. The summed E-state index contributed by atoms with van der Waals surface area (Å²) in [6.45, 7) is 1.83. The Morgan fingerprint density at radius 3 is 2.82 bits per heavy atom. The van der Waals surface area contributed by atoms with Crippen LogP contribution < -0.4 is 11.1 Å². The van der Waals surface area contributed by atoms with E-state index in [0.717, 1.165) is 30.1 Å². The van der Waals surface area contributed by atoms with Crippen LogP contribution >= 0.6 is 0 Å². The average Bonchev–Trinajstić information content (AvgIpc) is 2.32. The average molecular weight is 233 g/mol. The van der Waals surface area contributed by atoms with Crippen LogP contribution in [0.25, 0.3) is 0 Å². The number of nitrogens with two attached hydrogens (primary N) is 1. The molecule has 0 radical (unpaired) electrons. The second kappa shape index (κ2) is 5.68. The van der Waals surface area contributed by atoms with Crippen molar-refractivity contribution in [3.05, 3.63) is 35.4 Å². The van der Waals surface area contributed by atoms with Gasteiger partial charge < -0.3 is 16.3 Å². The van der Waals surface area contributed by atoms with Crippen molar-refractivity contribution < 1.29 is 5.21 Å². The minimum atomic E-state index is 0.172. The van der Waals surface area contributed by atoms with Gasteiger partial charge in [0.1, 0.15) is 0 Å². The van der Waals surface area contributed by atoms with Crippen LogP contribution in [0.1, 0.15) is 30.4 Å². The standard InChI is InChI=1S/C13H19N3O/c14-13(16-17)12-7-2-1-6-11(12)9-15-8-10-4-3-5-10/h1-2,6-7,10,15,17H,3-5,8-9H2,(H2,14,16). The molecule has 4 heteroatoms. The summed E-state index contributed by atoms with van der Waals surface area (Å²) in [7, 11) is 0. The van der Waals surface area contributed by atoms with Gasteiger partial charge in [-0.05, 0) is 30.9 Å². The van der Waals surface area contributed by atoms with Gasteiger partial charge in [-0.15, -0.1) is 0 Å². The highest BCUT2D eigenvalue weighted by Crippen LogP contribution is 2.25. The van der Waals surface area contributed by atoms with E-state index in [1.165, 1.54) is 19.3 Å². The lowest BCUT2D eigenvalue weighted by Gasteiger charge is -2.25. The molecule has 17 heavy (non-hydrogen) atoms. The predicted octanol–water partition coefficient (Wildman–Crippen LogP) is 1.67. The summed E-state index contributed by atoms with van der Waals surface area (Å²) in [5.41, 5.74) is 7.51. The summed E-state index contributed by atoms with van der Waals surface area (Å²) < 4.78 is 0. The molecule has 2 rings (SSSR count). The van der Waals surface area contributed by atoms with Crippen molar-refractivity contribution in [1.82, 2.24) is 5.32 Å². The lowest BCUT2D eigenvalue weighted by atomic mass is 9.85. The van der Waals surface area contributed by atoms with Gasteiger partial charge in [0.15, 0.2) is 5.84 Å². The maximum absolute atomic E-state index is 8.72. The second-order valence-corrected chi connectivity index (χ2v) is 4.57. The highest BCUT2D eigenvalue weighted by atomic mass is 16.4. The molecule has 4 N–H and O–H groups in total. The Morgan fingerprint density at radius 1 is 1.41 bits per heavy atom. The molecule has 1 aromatic rings. The Balaban J connectivity index is 1.94. The van der Waals surface area contributed by atoms with Crippen LogP contribution in [0.3, 0.4) is 0 Å². The molecule has 0 unspecified atom stereocenters. The van der Waals surface area contributed by atoms with Gasteiger partial charge in [-0.1, -0.05) is 35.8 Å². The zero-order chi connectivity index (χ0) is 12.1. The van der Waals surface area contributed by atoms with E-state index in [4.69, 9.17) is 10.9 Å². The summed E-state index contributed by atoms with van der Waals surface area (Å²) in [6.07, 6.45) is 4.05. The quantitative estimate of drug-likeness (QED) is 0.313. The molecule has 4 nitrogen and oxygen atoms in total. The van der Waals surface area contributed by atoms with Gasteiger partial charge in [-0.25, -0.2) is 0 Å². The first kappa shape index (κ1) is 11.9.